The molecule has 0 aliphatic carbocycles. The molecule has 0 bridgehead atoms. The first kappa shape index (κ1) is 24.9. The molecular formula is C18H30O12. The van der Waals surface area contributed by atoms with Crippen LogP contribution in [0, 0.1) is 5.92 Å². The summed E-state index contributed by atoms with van der Waals surface area (Å²) >= 11 is 0. The van der Waals surface area contributed by atoms with Crippen LogP contribution in [0.25, 0.3) is 0 Å². The van der Waals surface area contributed by atoms with Gasteiger partial charge in [-0.05, 0) is 0 Å². The zero-order chi connectivity index (χ0) is 22.6. The van der Waals surface area contributed by atoms with Crippen molar-refractivity contribution in [3.63, 3.8) is 0 Å². The molecule has 0 aromatic rings. The highest BCUT2D eigenvalue weighted by Gasteiger charge is 2.51. The van der Waals surface area contributed by atoms with Gasteiger partial charge in [-0.25, -0.2) is 0 Å². The number of ether oxygens (including phenoxy) is 6. The van der Waals surface area contributed by atoms with Crippen molar-refractivity contribution in [1.29, 1.82) is 0 Å². The maximum absolute atomic E-state index is 11.4. The van der Waals surface area contributed by atoms with E-state index in [1.54, 1.807) is 6.92 Å². The van der Waals surface area contributed by atoms with Crippen LogP contribution in [-0.2, 0) is 38.0 Å². The molecule has 2 saturated heterocycles. The van der Waals surface area contributed by atoms with E-state index in [-0.39, 0.29) is 6.61 Å². The van der Waals surface area contributed by atoms with Crippen molar-refractivity contribution in [2.24, 2.45) is 5.92 Å². The minimum absolute atomic E-state index is 0.185. The van der Waals surface area contributed by atoms with E-state index in [0.717, 1.165) is 6.92 Å². The summed E-state index contributed by atoms with van der Waals surface area (Å²) in [6.45, 7) is 3.18. The Bertz CT molecular complexity index is 586. The van der Waals surface area contributed by atoms with E-state index >= 15 is 0 Å². The van der Waals surface area contributed by atoms with Crippen LogP contribution in [0.1, 0.15) is 20.8 Å². The summed E-state index contributed by atoms with van der Waals surface area (Å²) in [6, 6.07) is 0. The summed E-state index contributed by atoms with van der Waals surface area (Å²) < 4.78 is 31.9. The zero-order valence-electron chi connectivity index (χ0n) is 17.2. The number of esters is 2. The molecule has 4 N–H and O–H groups in total. The Hall–Kier alpha value is -1.38. The van der Waals surface area contributed by atoms with Crippen LogP contribution in [0.5, 0.6) is 0 Å². The van der Waals surface area contributed by atoms with E-state index < -0.39 is 79.8 Å². The third-order valence-electron chi connectivity index (χ3n) is 5.14. The van der Waals surface area contributed by atoms with Crippen LogP contribution in [0.2, 0.25) is 0 Å². The Kier molecular flexibility index (Phi) is 8.94. The predicted octanol–water partition coefficient (Wildman–Crippen LogP) is -2.33. The van der Waals surface area contributed by atoms with Gasteiger partial charge in [0.1, 0.15) is 31.0 Å². The van der Waals surface area contributed by atoms with Gasteiger partial charge in [-0.3, -0.25) is 9.59 Å². The average Bonchev–Trinajstić information content (AvgIpc) is 2.69. The summed E-state index contributed by atoms with van der Waals surface area (Å²) in [5, 5.41) is 41.1. The van der Waals surface area contributed by atoms with Crippen LogP contribution >= 0.6 is 0 Å². The maximum atomic E-state index is 11.4. The van der Waals surface area contributed by atoms with Gasteiger partial charge in [0.25, 0.3) is 0 Å². The lowest BCUT2D eigenvalue weighted by Crippen LogP contribution is -2.64. The Morgan fingerprint density at radius 1 is 0.900 bits per heavy atom. The van der Waals surface area contributed by atoms with Crippen molar-refractivity contribution in [3.8, 4) is 0 Å². The maximum Gasteiger partial charge on any atom is 0.303 e. The number of aliphatic hydroxyl groups is 4. The molecule has 0 amide bonds. The van der Waals surface area contributed by atoms with E-state index in [1.807, 2.05) is 0 Å². The predicted molar refractivity (Wildman–Crippen MR) is 95.7 cm³/mol. The lowest BCUT2D eigenvalue weighted by atomic mass is 9.90. The van der Waals surface area contributed by atoms with Crippen LogP contribution in [0.3, 0.4) is 0 Å². The molecule has 0 spiro atoms. The number of carbonyl (C=O) groups is 2. The second-order valence-corrected chi connectivity index (χ2v) is 7.31. The fourth-order valence-corrected chi connectivity index (χ4v) is 3.44. The van der Waals surface area contributed by atoms with Crippen LogP contribution in [0.4, 0.5) is 0 Å². The molecule has 0 saturated carbocycles. The van der Waals surface area contributed by atoms with Gasteiger partial charge in [-0.1, -0.05) is 6.92 Å². The van der Waals surface area contributed by atoms with E-state index in [4.69, 9.17) is 28.4 Å². The van der Waals surface area contributed by atoms with Crippen molar-refractivity contribution in [1.82, 2.24) is 0 Å². The zero-order valence-corrected chi connectivity index (χ0v) is 17.2. The van der Waals surface area contributed by atoms with E-state index in [0.29, 0.717) is 0 Å². The number of rotatable bonds is 7. The average molecular weight is 438 g/mol. The van der Waals surface area contributed by atoms with Crippen molar-refractivity contribution >= 4 is 11.9 Å². The molecule has 2 fully saturated rings. The summed E-state index contributed by atoms with van der Waals surface area (Å²) in [7, 11) is 1.27. The molecule has 12 nitrogen and oxygen atoms in total. The Balaban J connectivity index is 2.18. The second-order valence-electron chi connectivity index (χ2n) is 7.31. The molecule has 0 radical (unpaired) electrons. The standard InChI is InChI=1S/C18H30O12/c1-7-11(6-26-8(2)20)29-17(13(23)12(7)22)30-15-10(5-19)28-18(25-4)16(14(15)24)27-9(3)21/h7,10-19,22-24H,5-6H2,1-4H3/t7-,10?,11?,12+,13?,14?,15-,16?,17+,18-/m1/s1. The van der Waals surface area contributed by atoms with Gasteiger partial charge in [0.05, 0.1) is 18.8 Å². The normalized spacial score (nSPS) is 41.9. The first-order valence-corrected chi connectivity index (χ1v) is 9.55. The summed E-state index contributed by atoms with van der Waals surface area (Å²) in [4.78, 5) is 22.5. The van der Waals surface area contributed by atoms with Gasteiger partial charge < -0.3 is 48.8 Å². The summed E-state index contributed by atoms with van der Waals surface area (Å²) in [6.07, 6.45) is -11.4. The molecular weight excluding hydrogens is 408 g/mol. The van der Waals surface area contributed by atoms with Gasteiger partial charge in [0.2, 0.25) is 0 Å². The molecule has 2 aliphatic heterocycles. The largest absolute Gasteiger partial charge is 0.463 e. The number of hydrogen-bond donors (Lipinski definition) is 4. The Morgan fingerprint density at radius 3 is 2.07 bits per heavy atom. The quantitative estimate of drug-likeness (QED) is 0.313. The first-order valence-electron chi connectivity index (χ1n) is 9.55. The molecule has 0 aromatic carbocycles. The van der Waals surface area contributed by atoms with Gasteiger partial charge in [-0.15, -0.1) is 0 Å². The highest BCUT2D eigenvalue weighted by molar-refractivity contribution is 5.66. The fourth-order valence-electron chi connectivity index (χ4n) is 3.44. The van der Waals surface area contributed by atoms with E-state index in [9.17, 15) is 30.0 Å². The topological polar surface area (TPSA) is 170 Å². The number of methoxy groups -OCH3 is 1. The third kappa shape index (κ3) is 5.65. The molecule has 30 heavy (non-hydrogen) atoms. The second kappa shape index (κ2) is 10.8. The summed E-state index contributed by atoms with van der Waals surface area (Å²) in [5.41, 5.74) is 0. The van der Waals surface area contributed by atoms with Crippen molar-refractivity contribution in [3.05, 3.63) is 0 Å². The minimum Gasteiger partial charge on any atom is -0.463 e. The van der Waals surface area contributed by atoms with Crippen molar-refractivity contribution in [2.45, 2.75) is 76.1 Å². The van der Waals surface area contributed by atoms with Gasteiger partial charge in [0, 0.05) is 26.9 Å². The van der Waals surface area contributed by atoms with Crippen LogP contribution in [0.15, 0.2) is 0 Å². The van der Waals surface area contributed by atoms with E-state index in [2.05, 4.69) is 0 Å². The van der Waals surface area contributed by atoms with Crippen molar-refractivity contribution in [2.75, 3.05) is 20.3 Å². The number of carbonyl (C=O) groups excluding carboxylic acids is 2. The summed E-state index contributed by atoms with van der Waals surface area (Å²) in [5.74, 6) is -1.84. The monoisotopic (exact) mass is 438 g/mol. The number of hydrogen-bond acceptors (Lipinski definition) is 12. The minimum atomic E-state index is -1.51. The molecule has 0 aromatic heterocycles. The van der Waals surface area contributed by atoms with Crippen LogP contribution < -0.4 is 0 Å². The molecule has 2 heterocycles. The number of aliphatic hydroxyl groups excluding tert-OH is 4. The molecule has 174 valence electrons. The third-order valence-corrected chi connectivity index (χ3v) is 5.14. The van der Waals surface area contributed by atoms with E-state index in [1.165, 1.54) is 14.0 Å². The SMILES string of the molecule is CO[C@@H]1OC(CO)[C@@H](O[C@@H]2OC(COC(C)=O)[C@@H](C)[C@H](O)C2O)C(O)C1OC(C)=O. The Morgan fingerprint density at radius 2 is 1.53 bits per heavy atom. The van der Waals surface area contributed by atoms with Gasteiger partial charge >= 0.3 is 11.9 Å². The fraction of sp³-hybridized carbons (Fsp3) is 0.889. The van der Waals surface area contributed by atoms with Gasteiger partial charge in [0.15, 0.2) is 18.7 Å². The smallest absolute Gasteiger partial charge is 0.303 e. The highest BCUT2D eigenvalue weighted by Crippen LogP contribution is 2.32. The lowest BCUT2D eigenvalue weighted by molar-refractivity contribution is -0.353. The first-order chi connectivity index (χ1) is 14.1. The lowest BCUT2D eigenvalue weighted by Gasteiger charge is -2.46. The van der Waals surface area contributed by atoms with Gasteiger partial charge in [-0.2, -0.15) is 0 Å². The molecule has 2 rings (SSSR count). The molecule has 12 heteroatoms. The van der Waals surface area contributed by atoms with Crippen LogP contribution in [-0.4, -0.2) is 108 Å². The highest BCUT2D eigenvalue weighted by atomic mass is 16.7. The molecule has 10 atom stereocenters. The Labute approximate surface area is 173 Å². The molecule has 2 aliphatic rings. The van der Waals surface area contributed by atoms with Crippen molar-refractivity contribution < 1.29 is 58.4 Å². The molecule has 5 unspecified atom stereocenters.